The molecule has 2 N–H and O–H groups in total. The van der Waals surface area contributed by atoms with Crippen LogP contribution >= 0.6 is 0 Å². The standard InChI is InChI=1S/C10H17NO5/c1-15-4-5-16-11-9(12)7-2-3-8(6-7)10(13)14/h7-8H,2-6H2,1H3,(H,11,12)(H,13,14). The summed E-state index contributed by atoms with van der Waals surface area (Å²) >= 11 is 0. The molecule has 0 aromatic rings. The van der Waals surface area contributed by atoms with Gasteiger partial charge in [-0.15, -0.1) is 0 Å². The molecule has 1 fully saturated rings. The average Bonchev–Trinajstić information content (AvgIpc) is 2.73. The van der Waals surface area contributed by atoms with E-state index in [-0.39, 0.29) is 18.4 Å². The Bertz CT molecular complexity index is 256. The Hall–Kier alpha value is -1.14. The van der Waals surface area contributed by atoms with Gasteiger partial charge in [0.25, 0.3) is 0 Å². The number of carbonyl (C=O) groups is 2. The monoisotopic (exact) mass is 231 g/mol. The normalized spacial score (nSPS) is 24.3. The fourth-order valence-corrected chi connectivity index (χ4v) is 1.77. The number of carboxylic acid groups (broad SMARTS) is 1. The molecule has 6 nitrogen and oxygen atoms in total. The zero-order chi connectivity index (χ0) is 12.0. The first-order valence-corrected chi connectivity index (χ1v) is 5.28. The number of hydroxylamine groups is 1. The number of rotatable bonds is 6. The van der Waals surface area contributed by atoms with Crippen molar-refractivity contribution in [1.82, 2.24) is 5.48 Å². The summed E-state index contributed by atoms with van der Waals surface area (Å²) in [6.07, 6.45) is 1.57. The second-order valence-electron chi connectivity index (χ2n) is 3.85. The van der Waals surface area contributed by atoms with Crippen LogP contribution in [0.3, 0.4) is 0 Å². The van der Waals surface area contributed by atoms with Gasteiger partial charge in [0.05, 0.1) is 19.1 Å². The molecule has 1 aliphatic carbocycles. The highest BCUT2D eigenvalue weighted by molar-refractivity contribution is 5.80. The van der Waals surface area contributed by atoms with E-state index in [1.54, 1.807) is 7.11 Å². The van der Waals surface area contributed by atoms with Crippen LogP contribution in [0.1, 0.15) is 19.3 Å². The van der Waals surface area contributed by atoms with E-state index in [0.717, 1.165) is 0 Å². The molecule has 6 heteroatoms. The number of carbonyl (C=O) groups excluding carboxylic acids is 1. The van der Waals surface area contributed by atoms with Gasteiger partial charge in [0.1, 0.15) is 0 Å². The molecule has 92 valence electrons. The molecule has 0 aromatic heterocycles. The molecule has 0 heterocycles. The summed E-state index contributed by atoms with van der Waals surface area (Å²) in [5.41, 5.74) is 2.31. The van der Waals surface area contributed by atoms with Crippen LogP contribution in [0.2, 0.25) is 0 Å². The number of methoxy groups -OCH3 is 1. The van der Waals surface area contributed by atoms with Crippen molar-refractivity contribution >= 4 is 11.9 Å². The van der Waals surface area contributed by atoms with Crippen LogP contribution in [0.5, 0.6) is 0 Å². The van der Waals surface area contributed by atoms with Crippen LogP contribution in [-0.2, 0) is 19.2 Å². The second-order valence-corrected chi connectivity index (χ2v) is 3.85. The largest absolute Gasteiger partial charge is 0.481 e. The van der Waals surface area contributed by atoms with Gasteiger partial charge in [0.15, 0.2) is 0 Å². The summed E-state index contributed by atoms with van der Waals surface area (Å²) in [4.78, 5) is 27.1. The molecule has 0 bridgehead atoms. The number of hydrogen-bond acceptors (Lipinski definition) is 4. The predicted octanol–water partition coefficient (Wildman–Crippen LogP) is 0.182. The van der Waals surface area contributed by atoms with Crippen molar-refractivity contribution < 1.29 is 24.3 Å². The minimum absolute atomic E-state index is 0.236. The van der Waals surface area contributed by atoms with Crippen molar-refractivity contribution in [3.63, 3.8) is 0 Å². The highest BCUT2D eigenvalue weighted by atomic mass is 16.7. The van der Waals surface area contributed by atoms with Gasteiger partial charge in [-0.3, -0.25) is 14.4 Å². The third kappa shape index (κ3) is 3.79. The SMILES string of the molecule is COCCONC(=O)C1CCC(C(=O)O)C1. The molecule has 1 saturated carbocycles. The lowest BCUT2D eigenvalue weighted by molar-refractivity contribution is -0.142. The molecule has 2 atom stereocenters. The maximum absolute atomic E-state index is 11.5. The summed E-state index contributed by atoms with van der Waals surface area (Å²) in [5, 5.41) is 8.78. The summed E-state index contributed by atoms with van der Waals surface area (Å²) < 4.78 is 4.74. The van der Waals surface area contributed by atoms with Gasteiger partial charge in [-0.05, 0) is 19.3 Å². The van der Waals surface area contributed by atoms with Crippen molar-refractivity contribution in [1.29, 1.82) is 0 Å². The van der Waals surface area contributed by atoms with E-state index in [9.17, 15) is 9.59 Å². The number of hydrogen-bond donors (Lipinski definition) is 2. The van der Waals surface area contributed by atoms with Gasteiger partial charge >= 0.3 is 5.97 Å². The first-order valence-electron chi connectivity index (χ1n) is 5.28. The molecule has 0 radical (unpaired) electrons. The van der Waals surface area contributed by atoms with Gasteiger partial charge < -0.3 is 9.84 Å². The Morgan fingerprint density at radius 3 is 2.56 bits per heavy atom. The molecule has 0 aromatic carbocycles. The van der Waals surface area contributed by atoms with E-state index in [0.29, 0.717) is 25.9 Å². The van der Waals surface area contributed by atoms with Gasteiger partial charge in [-0.25, -0.2) is 5.48 Å². The summed E-state index contributed by atoms with van der Waals surface area (Å²) in [7, 11) is 1.54. The molecule has 1 amide bonds. The lowest BCUT2D eigenvalue weighted by Gasteiger charge is -2.10. The molecule has 1 rings (SSSR count). The van der Waals surface area contributed by atoms with Crippen LogP contribution in [0.15, 0.2) is 0 Å². The molecular formula is C10H17NO5. The van der Waals surface area contributed by atoms with Crippen LogP contribution < -0.4 is 5.48 Å². The Morgan fingerprint density at radius 1 is 1.31 bits per heavy atom. The maximum Gasteiger partial charge on any atom is 0.306 e. The topological polar surface area (TPSA) is 84.9 Å². The lowest BCUT2D eigenvalue weighted by Crippen LogP contribution is -2.31. The fraction of sp³-hybridized carbons (Fsp3) is 0.800. The Balaban J connectivity index is 2.20. The third-order valence-electron chi connectivity index (χ3n) is 2.71. The van der Waals surface area contributed by atoms with Crippen LogP contribution in [0.25, 0.3) is 0 Å². The van der Waals surface area contributed by atoms with Gasteiger partial charge in [0.2, 0.25) is 5.91 Å². The van der Waals surface area contributed by atoms with Crippen molar-refractivity contribution in [2.45, 2.75) is 19.3 Å². The van der Waals surface area contributed by atoms with Crippen LogP contribution in [0.4, 0.5) is 0 Å². The number of aliphatic carboxylic acids is 1. The smallest absolute Gasteiger partial charge is 0.306 e. The van der Waals surface area contributed by atoms with E-state index >= 15 is 0 Å². The number of nitrogens with one attached hydrogen (secondary N) is 1. The minimum atomic E-state index is -0.824. The van der Waals surface area contributed by atoms with E-state index in [2.05, 4.69) is 5.48 Å². The first-order chi connectivity index (χ1) is 7.65. The highest BCUT2D eigenvalue weighted by Crippen LogP contribution is 2.30. The quantitative estimate of drug-likeness (QED) is 0.503. The maximum atomic E-state index is 11.5. The summed E-state index contributed by atoms with van der Waals surface area (Å²) in [5.74, 6) is -1.70. The predicted molar refractivity (Wildman–Crippen MR) is 54.4 cm³/mol. The molecule has 1 aliphatic rings. The Morgan fingerprint density at radius 2 is 2.00 bits per heavy atom. The number of carboxylic acids is 1. The van der Waals surface area contributed by atoms with Gasteiger partial charge in [0, 0.05) is 13.0 Å². The van der Waals surface area contributed by atoms with Crippen LogP contribution in [0, 0.1) is 11.8 Å². The first kappa shape index (κ1) is 12.9. The second kappa shape index (κ2) is 6.44. The van der Waals surface area contributed by atoms with E-state index in [1.165, 1.54) is 0 Å². The third-order valence-corrected chi connectivity index (χ3v) is 2.71. The molecular weight excluding hydrogens is 214 g/mol. The minimum Gasteiger partial charge on any atom is -0.481 e. The van der Waals surface area contributed by atoms with Crippen molar-refractivity contribution in [3.05, 3.63) is 0 Å². The van der Waals surface area contributed by atoms with Crippen LogP contribution in [-0.4, -0.2) is 37.3 Å². The van der Waals surface area contributed by atoms with E-state index in [4.69, 9.17) is 14.7 Å². The molecule has 2 unspecified atom stereocenters. The fourth-order valence-electron chi connectivity index (χ4n) is 1.77. The van der Waals surface area contributed by atoms with Gasteiger partial charge in [-0.1, -0.05) is 0 Å². The molecule has 16 heavy (non-hydrogen) atoms. The molecule has 0 saturated heterocycles. The zero-order valence-electron chi connectivity index (χ0n) is 9.27. The molecule has 0 aliphatic heterocycles. The van der Waals surface area contributed by atoms with Crippen molar-refractivity contribution in [2.24, 2.45) is 11.8 Å². The lowest BCUT2D eigenvalue weighted by atomic mass is 10.1. The Kier molecular flexibility index (Phi) is 5.21. The highest BCUT2D eigenvalue weighted by Gasteiger charge is 2.33. The molecule has 0 spiro atoms. The zero-order valence-corrected chi connectivity index (χ0v) is 9.27. The van der Waals surface area contributed by atoms with Crippen molar-refractivity contribution in [3.8, 4) is 0 Å². The average molecular weight is 231 g/mol. The summed E-state index contributed by atoms with van der Waals surface area (Å²) in [6.45, 7) is 0.694. The van der Waals surface area contributed by atoms with E-state index < -0.39 is 11.9 Å². The summed E-state index contributed by atoms with van der Waals surface area (Å²) in [6, 6.07) is 0. The van der Waals surface area contributed by atoms with Gasteiger partial charge in [-0.2, -0.15) is 0 Å². The number of amides is 1. The van der Waals surface area contributed by atoms with Crippen molar-refractivity contribution in [2.75, 3.05) is 20.3 Å². The Labute approximate surface area is 93.9 Å². The van der Waals surface area contributed by atoms with E-state index in [1.807, 2.05) is 0 Å². The number of ether oxygens (including phenoxy) is 1.